The number of aromatic amines is 1. The lowest BCUT2D eigenvalue weighted by molar-refractivity contribution is 0.0762. The smallest absolute Gasteiger partial charge is 0.141 e. The molecule has 1 unspecified atom stereocenters. The van der Waals surface area contributed by atoms with Crippen LogP contribution in [0.1, 0.15) is 24.4 Å². The van der Waals surface area contributed by atoms with Gasteiger partial charge in [0.05, 0.1) is 29.7 Å². The molecule has 0 amide bonds. The Bertz CT molecular complexity index is 535. The fraction of sp³-hybridized carbons (Fsp3) is 0.273. The fourth-order valence-electron chi connectivity index (χ4n) is 1.89. The van der Waals surface area contributed by atoms with Gasteiger partial charge in [0.15, 0.2) is 0 Å². The average molecular weight is 216 g/mol. The monoisotopic (exact) mass is 216 g/mol. The molecular formula is C11H12N4O. The molecule has 3 N–H and O–H groups in total. The average Bonchev–Trinajstić information content (AvgIpc) is 2.82. The minimum atomic E-state index is 0.0536. The Balaban J connectivity index is 2.09. The predicted octanol–water partition coefficient (Wildman–Crippen LogP) is 1.65. The number of nitrogens with zero attached hydrogens (tertiary/aromatic N) is 2. The van der Waals surface area contributed by atoms with Crippen molar-refractivity contribution in [3.8, 4) is 11.4 Å². The van der Waals surface area contributed by atoms with E-state index in [2.05, 4.69) is 15.0 Å². The lowest BCUT2D eigenvalue weighted by Crippen LogP contribution is -1.94. The van der Waals surface area contributed by atoms with E-state index in [0.29, 0.717) is 12.3 Å². The number of fused-ring (bicyclic) bond motifs is 1. The van der Waals surface area contributed by atoms with Gasteiger partial charge in [0, 0.05) is 18.1 Å². The Labute approximate surface area is 92.7 Å². The van der Waals surface area contributed by atoms with Gasteiger partial charge in [-0.15, -0.1) is 0 Å². The fourth-order valence-corrected chi connectivity index (χ4v) is 1.89. The van der Waals surface area contributed by atoms with E-state index < -0.39 is 0 Å². The third-order valence-corrected chi connectivity index (χ3v) is 2.78. The molecule has 1 aliphatic heterocycles. The van der Waals surface area contributed by atoms with E-state index in [1.165, 1.54) is 0 Å². The van der Waals surface area contributed by atoms with Gasteiger partial charge in [-0.05, 0) is 13.0 Å². The van der Waals surface area contributed by atoms with E-state index >= 15 is 0 Å². The summed E-state index contributed by atoms with van der Waals surface area (Å²) in [6, 6.07) is 1.77. The highest BCUT2D eigenvalue weighted by molar-refractivity contribution is 5.70. The molecule has 3 heterocycles. The van der Waals surface area contributed by atoms with Crippen LogP contribution >= 0.6 is 0 Å². The zero-order valence-corrected chi connectivity index (χ0v) is 8.90. The summed E-state index contributed by atoms with van der Waals surface area (Å²) in [4.78, 5) is 11.8. The number of nitrogens with one attached hydrogen (secondary N) is 1. The summed E-state index contributed by atoms with van der Waals surface area (Å²) >= 11 is 0. The number of nitrogen functional groups attached to an aromatic ring is 1. The van der Waals surface area contributed by atoms with Crippen LogP contribution in [0.3, 0.4) is 0 Å². The maximum atomic E-state index is 5.87. The van der Waals surface area contributed by atoms with Crippen LogP contribution in [-0.2, 0) is 11.3 Å². The number of hydrogen-bond acceptors (Lipinski definition) is 4. The molecule has 0 aromatic carbocycles. The van der Waals surface area contributed by atoms with Gasteiger partial charge in [0.2, 0.25) is 0 Å². The molecule has 0 saturated carbocycles. The van der Waals surface area contributed by atoms with Crippen LogP contribution in [-0.4, -0.2) is 15.0 Å². The van der Waals surface area contributed by atoms with E-state index in [4.69, 9.17) is 10.5 Å². The molecule has 82 valence electrons. The first-order valence-corrected chi connectivity index (χ1v) is 5.16. The van der Waals surface area contributed by atoms with Gasteiger partial charge in [0.25, 0.3) is 0 Å². The largest absolute Gasteiger partial charge is 0.398 e. The van der Waals surface area contributed by atoms with E-state index in [-0.39, 0.29) is 6.10 Å². The Morgan fingerprint density at radius 1 is 1.56 bits per heavy atom. The second-order valence-electron chi connectivity index (χ2n) is 3.87. The third-order valence-electron chi connectivity index (χ3n) is 2.78. The molecule has 16 heavy (non-hydrogen) atoms. The van der Waals surface area contributed by atoms with E-state index in [1.807, 2.05) is 6.92 Å². The molecule has 3 rings (SSSR count). The van der Waals surface area contributed by atoms with Crippen molar-refractivity contribution in [3.05, 3.63) is 29.8 Å². The number of pyridine rings is 1. The van der Waals surface area contributed by atoms with Crippen molar-refractivity contribution in [2.24, 2.45) is 0 Å². The van der Waals surface area contributed by atoms with E-state index in [0.717, 1.165) is 22.8 Å². The number of hydrogen-bond donors (Lipinski definition) is 2. The summed E-state index contributed by atoms with van der Waals surface area (Å²) in [5, 5.41) is 0. The van der Waals surface area contributed by atoms with Gasteiger partial charge >= 0.3 is 0 Å². The van der Waals surface area contributed by atoms with Crippen LogP contribution in [0.25, 0.3) is 11.4 Å². The molecule has 2 aromatic heterocycles. The van der Waals surface area contributed by atoms with Gasteiger partial charge in [-0.2, -0.15) is 0 Å². The Kier molecular flexibility index (Phi) is 1.94. The molecule has 0 radical (unpaired) electrons. The Hall–Kier alpha value is -1.88. The summed E-state index contributed by atoms with van der Waals surface area (Å²) in [6.07, 6.45) is 3.44. The highest BCUT2D eigenvalue weighted by atomic mass is 16.5. The van der Waals surface area contributed by atoms with Crippen molar-refractivity contribution in [1.82, 2.24) is 15.0 Å². The zero-order valence-electron chi connectivity index (χ0n) is 8.90. The maximum Gasteiger partial charge on any atom is 0.141 e. The van der Waals surface area contributed by atoms with Crippen molar-refractivity contribution >= 4 is 5.69 Å². The summed E-state index contributed by atoms with van der Waals surface area (Å²) < 4.78 is 5.44. The maximum absolute atomic E-state index is 5.87. The van der Waals surface area contributed by atoms with Crippen molar-refractivity contribution in [3.63, 3.8) is 0 Å². The molecule has 1 aliphatic rings. The van der Waals surface area contributed by atoms with Crippen molar-refractivity contribution in [2.45, 2.75) is 19.6 Å². The van der Waals surface area contributed by atoms with Crippen molar-refractivity contribution in [1.29, 1.82) is 0 Å². The Morgan fingerprint density at radius 3 is 3.19 bits per heavy atom. The van der Waals surface area contributed by atoms with Crippen LogP contribution in [0.15, 0.2) is 18.5 Å². The molecule has 5 heteroatoms. The minimum Gasteiger partial charge on any atom is -0.398 e. The molecule has 0 spiro atoms. The second kappa shape index (κ2) is 3.31. The van der Waals surface area contributed by atoms with Crippen LogP contribution in [0.4, 0.5) is 5.69 Å². The summed E-state index contributed by atoms with van der Waals surface area (Å²) in [5.74, 6) is 0.769. The number of anilines is 1. The van der Waals surface area contributed by atoms with Crippen molar-refractivity contribution < 1.29 is 4.74 Å². The van der Waals surface area contributed by atoms with Gasteiger partial charge in [-0.1, -0.05) is 0 Å². The van der Waals surface area contributed by atoms with Crippen molar-refractivity contribution in [2.75, 3.05) is 5.73 Å². The zero-order chi connectivity index (χ0) is 11.1. The predicted molar refractivity (Wildman–Crippen MR) is 59.4 cm³/mol. The molecule has 0 fully saturated rings. The minimum absolute atomic E-state index is 0.0536. The highest BCUT2D eigenvalue weighted by Crippen LogP contribution is 2.31. The molecule has 1 atom stereocenters. The highest BCUT2D eigenvalue weighted by Gasteiger charge is 2.24. The summed E-state index contributed by atoms with van der Waals surface area (Å²) in [6.45, 7) is 2.58. The van der Waals surface area contributed by atoms with Gasteiger partial charge in [-0.25, -0.2) is 4.98 Å². The van der Waals surface area contributed by atoms with Crippen LogP contribution in [0, 0.1) is 0 Å². The topological polar surface area (TPSA) is 76.8 Å². The first kappa shape index (κ1) is 9.35. The van der Waals surface area contributed by atoms with E-state index in [9.17, 15) is 0 Å². The number of nitrogens with two attached hydrogens (primary N) is 1. The SMILES string of the molecule is CC1OCc2[nH]c(-c3cnccc3N)nc21. The molecule has 0 aliphatic carbocycles. The number of ether oxygens (including phenoxy) is 1. The van der Waals surface area contributed by atoms with Crippen LogP contribution < -0.4 is 5.73 Å². The summed E-state index contributed by atoms with van der Waals surface area (Å²) in [5.41, 5.74) is 9.39. The van der Waals surface area contributed by atoms with Gasteiger partial charge in [0.1, 0.15) is 5.82 Å². The molecule has 0 bridgehead atoms. The summed E-state index contributed by atoms with van der Waals surface area (Å²) in [7, 11) is 0. The van der Waals surface area contributed by atoms with Crippen LogP contribution in [0.2, 0.25) is 0 Å². The number of rotatable bonds is 1. The second-order valence-corrected chi connectivity index (χ2v) is 3.87. The number of H-pyrrole nitrogens is 1. The first-order chi connectivity index (χ1) is 7.75. The quantitative estimate of drug-likeness (QED) is 0.759. The van der Waals surface area contributed by atoms with Crippen LogP contribution in [0.5, 0.6) is 0 Å². The molecule has 0 saturated heterocycles. The molecular weight excluding hydrogens is 204 g/mol. The number of imidazole rings is 1. The van der Waals surface area contributed by atoms with Gasteiger partial charge in [-0.3, -0.25) is 4.98 Å². The van der Waals surface area contributed by atoms with E-state index in [1.54, 1.807) is 18.5 Å². The lowest BCUT2D eigenvalue weighted by Gasteiger charge is -2.02. The molecule has 2 aromatic rings. The normalized spacial score (nSPS) is 18.7. The number of aromatic nitrogens is 3. The molecule has 5 nitrogen and oxygen atoms in total. The van der Waals surface area contributed by atoms with Gasteiger partial charge < -0.3 is 15.5 Å². The lowest BCUT2D eigenvalue weighted by atomic mass is 10.2. The Morgan fingerprint density at radius 2 is 2.44 bits per heavy atom. The third kappa shape index (κ3) is 1.29. The first-order valence-electron chi connectivity index (χ1n) is 5.16. The standard InChI is InChI=1S/C11H12N4O/c1-6-10-9(5-16-6)14-11(15-10)7-4-13-3-2-8(7)12/h2-4,6H,5H2,1H3,(H2,12,13)(H,14,15).